The lowest BCUT2D eigenvalue weighted by Gasteiger charge is -2.07. The van der Waals surface area contributed by atoms with Gasteiger partial charge in [-0.2, -0.15) is 0 Å². The van der Waals surface area contributed by atoms with Gasteiger partial charge in [-0.1, -0.05) is 13.3 Å². The van der Waals surface area contributed by atoms with E-state index >= 15 is 0 Å². The molecule has 3 nitrogen and oxygen atoms in total. The second-order valence-corrected chi connectivity index (χ2v) is 4.29. The molecule has 1 N–H and O–H groups in total. The van der Waals surface area contributed by atoms with Crippen molar-refractivity contribution < 1.29 is 9.13 Å². The van der Waals surface area contributed by atoms with Crippen molar-refractivity contribution in [3.05, 3.63) is 22.6 Å². The summed E-state index contributed by atoms with van der Waals surface area (Å²) in [5, 5.41) is 2.89. The molecule has 1 aromatic heterocycles. The van der Waals surface area contributed by atoms with E-state index in [9.17, 15) is 4.39 Å². The molecule has 0 aromatic carbocycles. The van der Waals surface area contributed by atoms with Crippen molar-refractivity contribution >= 4 is 21.7 Å². The van der Waals surface area contributed by atoms with Crippen molar-refractivity contribution in [1.29, 1.82) is 0 Å². The molecule has 90 valence electrons. The first-order chi connectivity index (χ1) is 7.74. The third kappa shape index (κ3) is 4.90. The average Bonchev–Trinajstić information content (AvgIpc) is 2.26. The number of hydrogen-bond donors (Lipinski definition) is 1. The molecule has 0 amide bonds. The number of halogens is 2. The van der Waals surface area contributed by atoms with Crippen molar-refractivity contribution in [3.63, 3.8) is 0 Å². The van der Waals surface area contributed by atoms with Gasteiger partial charge in [0.1, 0.15) is 0 Å². The van der Waals surface area contributed by atoms with E-state index < -0.39 is 0 Å². The molecule has 0 saturated heterocycles. The maximum atomic E-state index is 13.3. The normalized spacial score (nSPS) is 10.4. The van der Waals surface area contributed by atoms with Crippen LogP contribution in [0.5, 0.6) is 0 Å². The summed E-state index contributed by atoms with van der Waals surface area (Å²) in [5.74, 6) is -0.0924. The lowest BCUT2D eigenvalue weighted by molar-refractivity contribution is 0.141. The lowest BCUT2D eigenvalue weighted by Crippen LogP contribution is -2.12. The number of nitrogens with one attached hydrogen (secondary N) is 1. The molecule has 16 heavy (non-hydrogen) atoms. The van der Waals surface area contributed by atoms with E-state index in [4.69, 9.17) is 4.74 Å². The maximum Gasteiger partial charge on any atom is 0.166 e. The van der Waals surface area contributed by atoms with Gasteiger partial charge in [0.15, 0.2) is 11.6 Å². The summed E-state index contributed by atoms with van der Waals surface area (Å²) in [7, 11) is 0. The molecule has 0 aliphatic rings. The minimum absolute atomic E-state index is 0.266. The summed E-state index contributed by atoms with van der Waals surface area (Å²) in [6.45, 7) is 4.00. The van der Waals surface area contributed by atoms with E-state index in [2.05, 4.69) is 33.2 Å². The number of aromatic nitrogens is 1. The van der Waals surface area contributed by atoms with Gasteiger partial charge < -0.3 is 10.1 Å². The summed E-state index contributed by atoms with van der Waals surface area (Å²) in [4.78, 5) is 3.92. The van der Waals surface area contributed by atoms with Crippen molar-refractivity contribution in [2.75, 3.05) is 25.1 Å². The number of rotatable bonds is 7. The van der Waals surface area contributed by atoms with Crippen LogP contribution in [0.2, 0.25) is 0 Å². The second kappa shape index (κ2) is 7.57. The van der Waals surface area contributed by atoms with Gasteiger partial charge >= 0.3 is 0 Å². The lowest BCUT2D eigenvalue weighted by atomic mass is 10.4. The number of unbranched alkanes of at least 4 members (excludes halogenated alkanes) is 1. The van der Waals surface area contributed by atoms with Crippen LogP contribution in [0.1, 0.15) is 19.8 Å². The highest BCUT2D eigenvalue weighted by Crippen LogP contribution is 2.15. The Kier molecular flexibility index (Phi) is 6.33. The second-order valence-electron chi connectivity index (χ2n) is 3.38. The number of pyridine rings is 1. The third-order valence-electron chi connectivity index (χ3n) is 1.99. The van der Waals surface area contributed by atoms with Crippen LogP contribution in [0.15, 0.2) is 16.7 Å². The van der Waals surface area contributed by atoms with Crippen molar-refractivity contribution in [1.82, 2.24) is 4.98 Å². The molecule has 0 bridgehead atoms. The third-order valence-corrected chi connectivity index (χ3v) is 2.42. The van der Waals surface area contributed by atoms with Gasteiger partial charge in [-0.25, -0.2) is 9.37 Å². The molecular weight excluding hydrogens is 275 g/mol. The van der Waals surface area contributed by atoms with Crippen LogP contribution < -0.4 is 5.32 Å². The van der Waals surface area contributed by atoms with Crippen LogP contribution in [-0.2, 0) is 4.74 Å². The van der Waals surface area contributed by atoms with Gasteiger partial charge in [-0.05, 0) is 28.4 Å². The van der Waals surface area contributed by atoms with E-state index in [1.54, 1.807) is 6.20 Å². The highest BCUT2D eigenvalue weighted by atomic mass is 79.9. The molecule has 5 heteroatoms. The molecule has 1 rings (SSSR count). The van der Waals surface area contributed by atoms with E-state index in [1.807, 2.05) is 0 Å². The van der Waals surface area contributed by atoms with Crippen LogP contribution in [0.25, 0.3) is 0 Å². The van der Waals surface area contributed by atoms with E-state index in [-0.39, 0.29) is 11.6 Å². The Morgan fingerprint density at radius 2 is 2.31 bits per heavy atom. The molecule has 1 aromatic rings. The first kappa shape index (κ1) is 13.4. The summed E-state index contributed by atoms with van der Waals surface area (Å²) >= 11 is 3.15. The van der Waals surface area contributed by atoms with E-state index in [0.717, 1.165) is 19.4 Å². The zero-order valence-electron chi connectivity index (χ0n) is 9.30. The van der Waals surface area contributed by atoms with Crippen LogP contribution >= 0.6 is 15.9 Å². The van der Waals surface area contributed by atoms with Gasteiger partial charge in [-0.3, -0.25) is 0 Å². The van der Waals surface area contributed by atoms with Crippen LogP contribution in [0, 0.1) is 5.82 Å². The minimum Gasteiger partial charge on any atom is -0.380 e. The Morgan fingerprint density at radius 3 is 3.00 bits per heavy atom. The fraction of sp³-hybridized carbons (Fsp3) is 0.545. The number of hydrogen-bond acceptors (Lipinski definition) is 3. The van der Waals surface area contributed by atoms with Crippen LogP contribution in [0.4, 0.5) is 10.2 Å². The van der Waals surface area contributed by atoms with Crippen molar-refractivity contribution in [2.24, 2.45) is 0 Å². The number of anilines is 1. The standard InChI is InChI=1S/C11H16BrFN2O/c1-2-3-5-16-6-4-14-11-10(13)7-9(12)8-15-11/h7-8H,2-6H2,1H3,(H,14,15). The molecule has 0 spiro atoms. The van der Waals surface area contributed by atoms with Gasteiger partial charge in [0.2, 0.25) is 0 Å². The van der Waals surface area contributed by atoms with Crippen molar-refractivity contribution in [2.45, 2.75) is 19.8 Å². The Labute approximate surface area is 104 Å². The van der Waals surface area contributed by atoms with Gasteiger partial charge in [-0.15, -0.1) is 0 Å². The molecule has 0 saturated carbocycles. The van der Waals surface area contributed by atoms with E-state index in [0.29, 0.717) is 17.6 Å². The SMILES string of the molecule is CCCCOCCNc1ncc(Br)cc1F. The maximum absolute atomic E-state index is 13.3. The molecule has 0 unspecified atom stereocenters. The van der Waals surface area contributed by atoms with Crippen molar-refractivity contribution in [3.8, 4) is 0 Å². The fourth-order valence-corrected chi connectivity index (χ4v) is 1.44. The quantitative estimate of drug-likeness (QED) is 0.783. The summed E-state index contributed by atoms with van der Waals surface area (Å²) in [6, 6.07) is 1.38. The van der Waals surface area contributed by atoms with Crippen LogP contribution in [0.3, 0.4) is 0 Å². The smallest absolute Gasteiger partial charge is 0.166 e. The Hall–Kier alpha value is -0.680. The minimum atomic E-state index is -0.358. The van der Waals surface area contributed by atoms with E-state index in [1.165, 1.54) is 6.07 Å². The summed E-state index contributed by atoms with van der Waals surface area (Å²) in [6.07, 6.45) is 3.74. The Morgan fingerprint density at radius 1 is 1.50 bits per heavy atom. The molecule has 0 aliphatic heterocycles. The first-order valence-electron chi connectivity index (χ1n) is 5.36. The van der Waals surface area contributed by atoms with Crippen LogP contribution in [-0.4, -0.2) is 24.7 Å². The monoisotopic (exact) mass is 290 g/mol. The predicted molar refractivity (Wildman–Crippen MR) is 66.1 cm³/mol. The fourth-order valence-electron chi connectivity index (χ4n) is 1.13. The summed E-state index contributed by atoms with van der Waals surface area (Å²) in [5.41, 5.74) is 0. The van der Waals surface area contributed by atoms with Gasteiger partial charge in [0.05, 0.1) is 6.61 Å². The average molecular weight is 291 g/mol. The highest BCUT2D eigenvalue weighted by molar-refractivity contribution is 9.10. The number of nitrogens with zero attached hydrogens (tertiary/aromatic N) is 1. The molecule has 1 heterocycles. The molecule has 0 radical (unpaired) electrons. The topological polar surface area (TPSA) is 34.1 Å². The largest absolute Gasteiger partial charge is 0.380 e. The molecular formula is C11H16BrFN2O. The first-order valence-corrected chi connectivity index (χ1v) is 6.16. The molecule has 0 fully saturated rings. The molecule has 0 atom stereocenters. The summed E-state index contributed by atoms with van der Waals surface area (Å²) < 4.78 is 19.3. The number of ether oxygens (including phenoxy) is 1. The molecule has 0 aliphatic carbocycles. The zero-order valence-corrected chi connectivity index (χ0v) is 10.9. The van der Waals surface area contributed by atoms with Gasteiger partial charge in [0, 0.05) is 23.8 Å². The zero-order chi connectivity index (χ0) is 11.8. The Bertz CT molecular complexity index is 323. The Balaban J connectivity index is 2.21. The predicted octanol–water partition coefficient (Wildman–Crippen LogP) is 3.21. The highest BCUT2D eigenvalue weighted by Gasteiger charge is 2.02. The van der Waals surface area contributed by atoms with Gasteiger partial charge in [0.25, 0.3) is 0 Å².